The quantitative estimate of drug-likeness (QED) is 0.197. The van der Waals surface area contributed by atoms with Crippen molar-refractivity contribution in [1.82, 2.24) is 15.3 Å². The van der Waals surface area contributed by atoms with Crippen molar-refractivity contribution in [1.29, 1.82) is 0 Å². The second-order valence-corrected chi connectivity index (χ2v) is 8.36. The van der Waals surface area contributed by atoms with Gasteiger partial charge >= 0.3 is 12.2 Å². The van der Waals surface area contributed by atoms with Crippen LogP contribution < -0.4 is 16.0 Å². The summed E-state index contributed by atoms with van der Waals surface area (Å²) in [6.07, 6.45) is -3.96. The van der Waals surface area contributed by atoms with Crippen molar-refractivity contribution in [2.45, 2.75) is 24.7 Å². The minimum atomic E-state index is -4.79. The molecule has 0 atom stereocenters. The smallest absolute Gasteiger partial charge is 0.340 e. The summed E-state index contributed by atoms with van der Waals surface area (Å²) in [6.45, 7) is 1.98. The number of carbonyl (C=O) groups excluding carboxylic acids is 2. The summed E-state index contributed by atoms with van der Waals surface area (Å²) in [5, 5.41) is 6.58. The van der Waals surface area contributed by atoms with Crippen LogP contribution >= 0.6 is 23.4 Å². The van der Waals surface area contributed by atoms with E-state index < -0.39 is 35.4 Å². The van der Waals surface area contributed by atoms with Crippen molar-refractivity contribution < 1.29 is 27.2 Å². The van der Waals surface area contributed by atoms with E-state index in [4.69, 9.17) is 11.6 Å². The van der Waals surface area contributed by atoms with Gasteiger partial charge in [-0.05, 0) is 42.3 Å². The Balaban J connectivity index is 1.65. The molecule has 3 aromatic rings. The van der Waals surface area contributed by atoms with Crippen molar-refractivity contribution in [3.8, 4) is 0 Å². The van der Waals surface area contributed by atoms with Gasteiger partial charge in [-0.25, -0.2) is 19.2 Å². The summed E-state index contributed by atoms with van der Waals surface area (Å²) >= 11 is 6.30. The van der Waals surface area contributed by atoms with Crippen LogP contribution in [0.4, 0.5) is 39.5 Å². The molecule has 0 aliphatic rings. The molecule has 3 N–H and O–H groups in total. The minimum absolute atomic E-state index is 0.195. The molecule has 184 valence electrons. The van der Waals surface area contributed by atoms with Gasteiger partial charge in [0.15, 0.2) is 10.9 Å². The summed E-state index contributed by atoms with van der Waals surface area (Å²) in [5.74, 6) is -2.13. The highest BCUT2D eigenvalue weighted by molar-refractivity contribution is 7.99. The first-order valence-electron chi connectivity index (χ1n) is 10.0. The number of nitrogens with zero attached hydrogens (tertiary/aromatic N) is 2. The van der Waals surface area contributed by atoms with Gasteiger partial charge in [-0.1, -0.05) is 42.4 Å². The first-order chi connectivity index (χ1) is 16.5. The molecule has 3 amide bonds. The summed E-state index contributed by atoms with van der Waals surface area (Å²) in [7, 11) is 0. The predicted octanol–water partition coefficient (Wildman–Crippen LogP) is 6.03. The van der Waals surface area contributed by atoms with Crippen molar-refractivity contribution >= 4 is 52.5 Å². The number of halogens is 5. The number of hydrogen-bond donors (Lipinski definition) is 3. The average molecular weight is 528 g/mol. The predicted molar refractivity (Wildman–Crippen MR) is 125 cm³/mol. The lowest BCUT2D eigenvalue weighted by atomic mass is 10.1. The number of thioether (sulfide) groups is 1. The van der Waals surface area contributed by atoms with Gasteiger partial charge in [0.25, 0.3) is 0 Å². The van der Waals surface area contributed by atoms with Crippen LogP contribution in [-0.2, 0) is 17.4 Å². The Labute approximate surface area is 206 Å². The molecular weight excluding hydrogens is 510 g/mol. The topological polar surface area (TPSA) is 96.0 Å². The molecule has 0 saturated carbocycles. The maximum atomic E-state index is 13.3. The number of hydrogen-bond acceptors (Lipinski definition) is 6. The van der Waals surface area contributed by atoms with Crippen LogP contribution in [0.5, 0.6) is 0 Å². The van der Waals surface area contributed by atoms with Gasteiger partial charge in [-0.3, -0.25) is 10.1 Å². The monoisotopic (exact) mass is 527 g/mol. The van der Waals surface area contributed by atoms with E-state index in [1.807, 2.05) is 19.1 Å². The third-order valence-corrected chi connectivity index (χ3v) is 5.53. The van der Waals surface area contributed by atoms with Gasteiger partial charge in [0.05, 0.1) is 10.8 Å². The molecule has 0 radical (unpaired) electrons. The Hall–Kier alpha value is -3.38. The Kier molecular flexibility index (Phi) is 8.52. The molecule has 1 heterocycles. The van der Waals surface area contributed by atoms with Crippen LogP contribution in [0.15, 0.2) is 53.7 Å². The maximum absolute atomic E-state index is 13.3. The number of urea groups is 1. The number of imide groups is 1. The molecule has 35 heavy (non-hydrogen) atoms. The lowest BCUT2D eigenvalue weighted by molar-refractivity contribution is -0.141. The lowest BCUT2D eigenvalue weighted by Crippen LogP contribution is -2.35. The fourth-order valence-electron chi connectivity index (χ4n) is 2.70. The second-order valence-electron chi connectivity index (χ2n) is 7.01. The van der Waals surface area contributed by atoms with Crippen LogP contribution in [0.1, 0.15) is 18.2 Å². The van der Waals surface area contributed by atoms with Crippen LogP contribution in [0, 0.1) is 5.82 Å². The van der Waals surface area contributed by atoms with Gasteiger partial charge < -0.3 is 10.6 Å². The highest BCUT2D eigenvalue weighted by atomic mass is 35.5. The highest BCUT2D eigenvalue weighted by Crippen LogP contribution is 2.31. The number of alkyl halides is 3. The van der Waals surface area contributed by atoms with E-state index >= 15 is 0 Å². The average Bonchev–Trinajstić information content (AvgIpc) is 2.80. The first kappa shape index (κ1) is 26.2. The number of anilines is 3. The molecule has 0 spiro atoms. The van der Waals surface area contributed by atoms with Gasteiger partial charge in [0.1, 0.15) is 11.6 Å². The number of amides is 3. The highest BCUT2D eigenvalue weighted by Gasteiger charge is 2.34. The van der Waals surface area contributed by atoms with Crippen LogP contribution in [0.2, 0.25) is 5.02 Å². The zero-order valence-corrected chi connectivity index (χ0v) is 19.6. The molecule has 13 heteroatoms. The fourth-order valence-corrected chi connectivity index (χ4v) is 3.54. The SMILES string of the molecule is CCc1ccc(NC(=O)NC(=O)CSc2nc(Nc3ccc(F)c(Cl)c3)cc(C(F)(F)F)n2)cc1. The number of aromatic nitrogens is 2. The van der Waals surface area contributed by atoms with E-state index in [2.05, 4.69) is 25.9 Å². The van der Waals surface area contributed by atoms with Crippen molar-refractivity contribution in [3.05, 3.63) is 70.6 Å². The van der Waals surface area contributed by atoms with Gasteiger partial charge in [0, 0.05) is 17.4 Å². The van der Waals surface area contributed by atoms with Crippen molar-refractivity contribution in [2.24, 2.45) is 0 Å². The largest absolute Gasteiger partial charge is 0.433 e. The number of benzene rings is 2. The summed E-state index contributed by atoms with van der Waals surface area (Å²) in [4.78, 5) is 31.5. The maximum Gasteiger partial charge on any atom is 0.433 e. The Bertz CT molecular complexity index is 1230. The molecule has 2 aromatic carbocycles. The summed E-state index contributed by atoms with van der Waals surface area (Å²) < 4.78 is 53.2. The van der Waals surface area contributed by atoms with Crippen molar-refractivity contribution in [2.75, 3.05) is 16.4 Å². The zero-order valence-electron chi connectivity index (χ0n) is 18.0. The normalized spacial score (nSPS) is 11.1. The van der Waals surface area contributed by atoms with E-state index in [-0.39, 0.29) is 21.7 Å². The Morgan fingerprint density at radius 3 is 2.34 bits per heavy atom. The number of carbonyl (C=O) groups is 2. The molecular formula is C22H18ClF4N5O2S. The van der Waals surface area contributed by atoms with E-state index in [0.717, 1.165) is 18.1 Å². The van der Waals surface area contributed by atoms with Crippen LogP contribution in [0.25, 0.3) is 0 Å². The lowest BCUT2D eigenvalue weighted by Gasteiger charge is -2.12. The molecule has 3 rings (SSSR count). The van der Waals surface area contributed by atoms with Crippen LogP contribution in [-0.4, -0.2) is 27.7 Å². The molecule has 0 saturated heterocycles. The van der Waals surface area contributed by atoms with Crippen LogP contribution in [0.3, 0.4) is 0 Å². The van der Waals surface area contributed by atoms with E-state index in [1.54, 1.807) is 12.1 Å². The molecule has 0 unspecified atom stereocenters. The number of nitrogens with one attached hydrogen (secondary N) is 3. The molecule has 0 aliphatic carbocycles. The zero-order chi connectivity index (χ0) is 25.6. The summed E-state index contributed by atoms with van der Waals surface area (Å²) in [5.41, 5.74) is 0.485. The third kappa shape index (κ3) is 7.82. The molecule has 0 fully saturated rings. The number of aryl methyl sites for hydroxylation is 1. The Morgan fingerprint density at radius 2 is 1.71 bits per heavy atom. The fraction of sp³-hybridized carbons (Fsp3) is 0.182. The minimum Gasteiger partial charge on any atom is -0.340 e. The van der Waals surface area contributed by atoms with E-state index in [1.165, 1.54) is 12.1 Å². The first-order valence-corrected chi connectivity index (χ1v) is 11.4. The second kappa shape index (κ2) is 11.4. The van der Waals surface area contributed by atoms with Crippen molar-refractivity contribution in [3.63, 3.8) is 0 Å². The van der Waals surface area contributed by atoms with Gasteiger partial charge in [-0.2, -0.15) is 13.2 Å². The molecule has 1 aromatic heterocycles. The molecule has 0 bridgehead atoms. The van der Waals surface area contributed by atoms with E-state index in [0.29, 0.717) is 23.5 Å². The molecule has 7 nitrogen and oxygen atoms in total. The molecule has 0 aliphatic heterocycles. The van der Waals surface area contributed by atoms with Gasteiger partial charge in [0.2, 0.25) is 5.91 Å². The Morgan fingerprint density at radius 1 is 1.03 bits per heavy atom. The summed E-state index contributed by atoms with van der Waals surface area (Å²) in [6, 6.07) is 10.4. The van der Waals surface area contributed by atoms with Gasteiger partial charge in [-0.15, -0.1) is 0 Å². The number of rotatable bonds is 7. The van der Waals surface area contributed by atoms with E-state index in [9.17, 15) is 27.2 Å². The third-order valence-electron chi connectivity index (χ3n) is 4.39. The standard InChI is InChI=1S/C22H18ClF4N5O2S/c1-2-12-3-5-13(6-4-12)29-20(34)32-19(33)11-35-21-30-17(22(25,26)27)10-18(31-21)28-14-7-8-16(24)15(23)9-14/h3-10H,2,11H2,1H3,(H,28,30,31)(H2,29,32,33,34).